The van der Waals surface area contributed by atoms with E-state index in [1.165, 1.54) is 12.8 Å². The summed E-state index contributed by atoms with van der Waals surface area (Å²) >= 11 is 0. The third kappa shape index (κ3) is 2.19. The molecular weight excluding hydrogens is 154 g/mol. The fourth-order valence-electron chi connectivity index (χ4n) is 1.74. The molecule has 0 aliphatic carbocycles. The second-order valence-electron chi connectivity index (χ2n) is 3.64. The molecule has 2 aliphatic heterocycles. The largest absolute Gasteiger partial charge is 0.381 e. The molecule has 2 saturated heterocycles. The lowest BCUT2D eigenvalue weighted by molar-refractivity contribution is -0.0110. The van der Waals surface area contributed by atoms with Gasteiger partial charge >= 0.3 is 0 Å². The van der Waals surface area contributed by atoms with Gasteiger partial charge < -0.3 is 14.8 Å². The predicted molar refractivity (Wildman–Crippen MR) is 46.2 cm³/mol. The predicted octanol–water partition coefficient (Wildman–Crippen LogP) is 0.544. The highest BCUT2D eigenvalue weighted by atomic mass is 16.5. The van der Waals surface area contributed by atoms with E-state index >= 15 is 0 Å². The van der Waals surface area contributed by atoms with Crippen molar-refractivity contribution in [3.8, 4) is 0 Å². The molecule has 0 aromatic carbocycles. The SMILES string of the molecule is C1COCCC(NC2COC2)C1. The number of hydrogen-bond acceptors (Lipinski definition) is 3. The minimum Gasteiger partial charge on any atom is -0.381 e. The van der Waals surface area contributed by atoms with Crippen LogP contribution in [0.2, 0.25) is 0 Å². The van der Waals surface area contributed by atoms with Crippen molar-refractivity contribution < 1.29 is 9.47 Å². The van der Waals surface area contributed by atoms with Crippen molar-refractivity contribution >= 4 is 0 Å². The molecule has 0 spiro atoms. The fourth-order valence-corrected chi connectivity index (χ4v) is 1.74. The van der Waals surface area contributed by atoms with E-state index < -0.39 is 0 Å². The summed E-state index contributed by atoms with van der Waals surface area (Å²) in [6.45, 7) is 3.67. The monoisotopic (exact) mass is 171 g/mol. The van der Waals surface area contributed by atoms with Gasteiger partial charge in [0.25, 0.3) is 0 Å². The Bertz CT molecular complexity index is 128. The molecule has 0 aromatic rings. The normalized spacial score (nSPS) is 32.5. The first-order chi connectivity index (χ1) is 5.95. The second kappa shape index (κ2) is 4.21. The number of nitrogens with one attached hydrogen (secondary N) is 1. The van der Waals surface area contributed by atoms with Crippen LogP contribution < -0.4 is 5.32 Å². The fraction of sp³-hybridized carbons (Fsp3) is 1.00. The molecule has 1 N–H and O–H groups in total. The van der Waals surface area contributed by atoms with E-state index in [4.69, 9.17) is 9.47 Å². The van der Waals surface area contributed by atoms with Gasteiger partial charge in [-0.1, -0.05) is 0 Å². The van der Waals surface area contributed by atoms with E-state index in [1.54, 1.807) is 0 Å². The second-order valence-corrected chi connectivity index (χ2v) is 3.64. The first-order valence-electron chi connectivity index (χ1n) is 4.87. The summed E-state index contributed by atoms with van der Waals surface area (Å²) in [5.41, 5.74) is 0. The van der Waals surface area contributed by atoms with Crippen LogP contribution in [0, 0.1) is 0 Å². The Hall–Kier alpha value is -0.120. The quantitative estimate of drug-likeness (QED) is 0.658. The van der Waals surface area contributed by atoms with E-state index in [1.807, 2.05) is 0 Å². The van der Waals surface area contributed by atoms with Gasteiger partial charge in [-0.3, -0.25) is 0 Å². The van der Waals surface area contributed by atoms with Crippen molar-refractivity contribution in [2.24, 2.45) is 0 Å². The highest BCUT2D eigenvalue weighted by Crippen LogP contribution is 2.11. The summed E-state index contributed by atoms with van der Waals surface area (Å²) in [5.74, 6) is 0. The molecule has 2 heterocycles. The zero-order valence-electron chi connectivity index (χ0n) is 7.42. The Morgan fingerprint density at radius 3 is 2.58 bits per heavy atom. The molecule has 0 amide bonds. The summed E-state index contributed by atoms with van der Waals surface area (Å²) in [7, 11) is 0. The standard InChI is InChI=1S/C9H17NO2/c1-2-8(3-5-11-4-1)10-9-6-12-7-9/h8-10H,1-7H2. The van der Waals surface area contributed by atoms with Crippen LogP contribution in [0.1, 0.15) is 19.3 Å². The number of ether oxygens (including phenoxy) is 2. The summed E-state index contributed by atoms with van der Waals surface area (Å²) in [4.78, 5) is 0. The lowest BCUT2D eigenvalue weighted by Crippen LogP contribution is -2.50. The molecule has 1 unspecified atom stereocenters. The van der Waals surface area contributed by atoms with E-state index in [0.717, 1.165) is 32.8 Å². The van der Waals surface area contributed by atoms with Crippen molar-refractivity contribution in [2.45, 2.75) is 31.3 Å². The molecule has 2 aliphatic rings. The minimum absolute atomic E-state index is 0.619. The first-order valence-corrected chi connectivity index (χ1v) is 4.87. The molecule has 2 fully saturated rings. The van der Waals surface area contributed by atoms with Gasteiger partial charge in [0.15, 0.2) is 0 Å². The average Bonchev–Trinajstić information content (AvgIpc) is 2.24. The van der Waals surface area contributed by atoms with E-state index in [0.29, 0.717) is 12.1 Å². The summed E-state index contributed by atoms with van der Waals surface area (Å²) in [6, 6.07) is 1.29. The average molecular weight is 171 g/mol. The molecule has 2 rings (SSSR count). The molecule has 12 heavy (non-hydrogen) atoms. The molecule has 0 radical (unpaired) electrons. The Morgan fingerprint density at radius 2 is 1.83 bits per heavy atom. The Morgan fingerprint density at radius 1 is 0.917 bits per heavy atom. The Labute approximate surface area is 73.4 Å². The maximum absolute atomic E-state index is 5.39. The maximum Gasteiger partial charge on any atom is 0.0643 e. The van der Waals surface area contributed by atoms with E-state index in [9.17, 15) is 0 Å². The molecule has 3 heteroatoms. The molecule has 70 valence electrons. The smallest absolute Gasteiger partial charge is 0.0643 e. The van der Waals surface area contributed by atoms with Gasteiger partial charge in [0.2, 0.25) is 0 Å². The van der Waals surface area contributed by atoms with Crippen molar-refractivity contribution in [1.82, 2.24) is 5.32 Å². The molecule has 0 aromatic heterocycles. The van der Waals surface area contributed by atoms with Gasteiger partial charge in [-0.05, 0) is 19.3 Å². The van der Waals surface area contributed by atoms with Gasteiger partial charge in [-0.15, -0.1) is 0 Å². The molecule has 0 bridgehead atoms. The van der Waals surface area contributed by atoms with Crippen LogP contribution in [0.3, 0.4) is 0 Å². The summed E-state index contributed by atoms with van der Waals surface area (Å²) < 4.78 is 10.5. The molecule has 0 saturated carbocycles. The van der Waals surface area contributed by atoms with Crippen LogP contribution in [0.25, 0.3) is 0 Å². The summed E-state index contributed by atoms with van der Waals surface area (Å²) in [5, 5.41) is 3.59. The van der Waals surface area contributed by atoms with E-state index in [2.05, 4.69) is 5.32 Å². The third-order valence-electron chi connectivity index (χ3n) is 2.56. The van der Waals surface area contributed by atoms with Crippen LogP contribution in [0.5, 0.6) is 0 Å². The first kappa shape index (κ1) is 8.48. The van der Waals surface area contributed by atoms with E-state index in [-0.39, 0.29) is 0 Å². The molecule has 3 nitrogen and oxygen atoms in total. The maximum atomic E-state index is 5.39. The van der Waals surface area contributed by atoms with Gasteiger partial charge in [-0.25, -0.2) is 0 Å². The molecular formula is C9H17NO2. The minimum atomic E-state index is 0.619. The van der Waals surface area contributed by atoms with Crippen molar-refractivity contribution in [3.63, 3.8) is 0 Å². The summed E-state index contributed by atoms with van der Waals surface area (Å²) in [6.07, 6.45) is 3.62. The van der Waals surface area contributed by atoms with Crippen molar-refractivity contribution in [2.75, 3.05) is 26.4 Å². The van der Waals surface area contributed by atoms with Crippen molar-refractivity contribution in [3.05, 3.63) is 0 Å². The van der Waals surface area contributed by atoms with Crippen LogP contribution >= 0.6 is 0 Å². The van der Waals surface area contributed by atoms with Crippen LogP contribution in [0.15, 0.2) is 0 Å². The third-order valence-corrected chi connectivity index (χ3v) is 2.56. The van der Waals surface area contributed by atoms with Gasteiger partial charge in [0.05, 0.1) is 19.3 Å². The zero-order chi connectivity index (χ0) is 8.23. The zero-order valence-corrected chi connectivity index (χ0v) is 7.42. The van der Waals surface area contributed by atoms with Crippen LogP contribution in [-0.4, -0.2) is 38.5 Å². The van der Waals surface area contributed by atoms with Crippen LogP contribution in [0.4, 0.5) is 0 Å². The lowest BCUT2D eigenvalue weighted by Gasteiger charge is -2.31. The molecule has 1 atom stereocenters. The van der Waals surface area contributed by atoms with Crippen LogP contribution in [-0.2, 0) is 9.47 Å². The highest BCUT2D eigenvalue weighted by molar-refractivity contribution is 4.79. The lowest BCUT2D eigenvalue weighted by atomic mass is 10.1. The topological polar surface area (TPSA) is 30.5 Å². The van der Waals surface area contributed by atoms with Gasteiger partial charge in [0.1, 0.15) is 0 Å². The van der Waals surface area contributed by atoms with Gasteiger partial charge in [0, 0.05) is 19.3 Å². The highest BCUT2D eigenvalue weighted by Gasteiger charge is 2.22. The van der Waals surface area contributed by atoms with Gasteiger partial charge in [-0.2, -0.15) is 0 Å². The number of hydrogen-bond donors (Lipinski definition) is 1. The Balaban J connectivity index is 1.69. The van der Waals surface area contributed by atoms with Crippen molar-refractivity contribution in [1.29, 1.82) is 0 Å². The number of rotatable bonds is 2. The Kier molecular flexibility index (Phi) is 2.98.